The molecule has 2 aliphatic heterocycles. The van der Waals surface area contributed by atoms with E-state index in [2.05, 4.69) is 40.5 Å². The number of thiophene rings is 1. The van der Waals surface area contributed by atoms with Crippen LogP contribution in [0.4, 0.5) is 0 Å². The summed E-state index contributed by atoms with van der Waals surface area (Å²) < 4.78 is 5.50. The number of amides is 1. The van der Waals surface area contributed by atoms with Gasteiger partial charge in [-0.15, -0.1) is 0 Å². The first-order chi connectivity index (χ1) is 11.5. The van der Waals surface area contributed by atoms with Crippen LogP contribution in [0, 0.1) is 16.7 Å². The lowest BCUT2D eigenvalue weighted by molar-refractivity contribution is -0.130. The molecule has 132 valence electrons. The topological polar surface area (TPSA) is 32.8 Å². The van der Waals surface area contributed by atoms with Gasteiger partial charge in [0.05, 0.1) is 19.6 Å². The summed E-state index contributed by atoms with van der Waals surface area (Å²) in [6, 6.07) is 2.07. The molecule has 3 fully saturated rings. The smallest absolute Gasteiger partial charge is 0.227 e. The van der Waals surface area contributed by atoms with Gasteiger partial charge in [0.2, 0.25) is 5.91 Å². The van der Waals surface area contributed by atoms with Crippen LogP contribution in [0.1, 0.15) is 25.8 Å². The van der Waals surface area contributed by atoms with Crippen molar-refractivity contribution in [3.05, 3.63) is 22.4 Å². The minimum absolute atomic E-state index is 0.306. The van der Waals surface area contributed by atoms with E-state index in [1.165, 1.54) is 6.42 Å². The third kappa shape index (κ3) is 2.91. The quantitative estimate of drug-likeness (QED) is 0.838. The summed E-state index contributed by atoms with van der Waals surface area (Å²) in [6.07, 6.45) is 1.80. The minimum atomic E-state index is 0.306. The number of carbonyl (C=O) groups is 1. The first-order valence-electron chi connectivity index (χ1n) is 9.08. The van der Waals surface area contributed by atoms with Crippen molar-refractivity contribution >= 4 is 17.2 Å². The van der Waals surface area contributed by atoms with E-state index in [9.17, 15) is 4.79 Å². The predicted molar refractivity (Wildman–Crippen MR) is 96.2 cm³/mol. The summed E-state index contributed by atoms with van der Waals surface area (Å²) in [5.74, 6) is 0.944. The summed E-state index contributed by atoms with van der Waals surface area (Å²) in [4.78, 5) is 17.5. The molecule has 1 aromatic rings. The second kappa shape index (κ2) is 6.11. The van der Waals surface area contributed by atoms with E-state index < -0.39 is 0 Å². The average Bonchev–Trinajstić information content (AvgIpc) is 3.14. The summed E-state index contributed by atoms with van der Waals surface area (Å²) in [7, 11) is 0. The maximum atomic E-state index is 12.8. The second-order valence-corrected chi connectivity index (χ2v) is 9.33. The highest BCUT2D eigenvalue weighted by molar-refractivity contribution is 7.07. The van der Waals surface area contributed by atoms with Crippen LogP contribution in [-0.2, 0) is 16.0 Å². The highest BCUT2D eigenvalue weighted by atomic mass is 32.1. The fraction of sp³-hybridized carbons (Fsp3) is 0.737. The summed E-state index contributed by atoms with van der Waals surface area (Å²) in [5.41, 5.74) is 1.83. The molecule has 1 saturated carbocycles. The molecule has 0 spiro atoms. The third-order valence-electron chi connectivity index (χ3n) is 6.33. The van der Waals surface area contributed by atoms with Gasteiger partial charge in [-0.05, 0) is 40.1 Å². The second-order valence-electron chi connectivity index (χ2n) is 8.55. The van der Waals surface area contributed by atoms with Gasteiger partial charge in [0.25, 0.3) is 0 Å². The monoisotopic (exact) mass is 348 g/mol. The van der Waals surface area contributed by atoms with Crippen molar-refractivity contribution in [3.63, 3.8) is 0 Å². The number of likely N-dealkylation sites (tertiary alicyclic amines) is 1. The molecule has 3 aliphatic rings. The fourth-order valence-corrected chi connectivity index (χ4v) is 6.08. The van der Waals surface area contributed by atoms with Crippen LogP contribution in [0.2, 0.25) is 0 Å². The first kappa shape index (κ1) is 16.6. The Bertz CT molecular complexity index is 595. The summed E-state index contributed by atoms with van der Waals surface area (Å²) in [6.45, 7) is 11.6. The Morgan fingerprint density at radius 1 is 1.38 bits per heavy atom. The molecule has 0 aromatic carbocycles. The van der Waals surface area contributed by atoms with Crippen molar-refractivity contribution in [2.75, 3.05) is 45.9 Å². The summed E-state index contributed by atoms with van der Waals surface area (Å²) >= 11 is 1.67. The van der Waals surface area contributed by atoms with Crippen molar-refractivity contribution in [2.24, 2.45) is 16.7 Å². The molecular weight excluding hydrogens is 320 g/mol. The van der Waals surface area contributed by atoms with E-state index in [1.54, 1.807) is 11.3 Å². The zero-order chi connectivity index (χ0) is 16.8. The van der Waals surface area contributed by atoms with E-state index in [0.717, 1.165) is 51.5 Å². The van der Waals surface area contributed by atoms with Crippen LogP contribution in [0.15, 0.2) is 16.8 Å². The molecule has 5 heteroatoms. The normalized spacial score (nSPS) is 32.4. The molecule has 4 rings (SSSR count). The minimum Gasteiger partial charge on any atom is -0.379 e. The molecule has 1 aromatic heterocycles. The predicted octanol–water partition coefficient (Wildman–Crippen LogP) is 2.50. The molecule has 0 N–H and O–H groups in total. The number of ether oxygens (including phenoxy) is 1. The van der Waals surface area contributed by atoms with Gasteiger partial charge in [0.1, 0.15) is 0 Å². The number of fused-ring (bicyclic) bond motifs is 1. The first-order valence-corrected chi connectivity index (χ1v) is 10.0. The number of nitrogens with zero attached hydrogens (tertiary/aromatic N) is 2. The van der Waals surface area contributed by atoms with E-state index in [-0.39, 0.29) is 0 Å². The molecule has 3 heterocycles. The average molecular weight is 349 g/mol. The third-order valence-corrected chi connectivity index (χ3v) is 7.06. The Morgan fingerprint density at radius 2 is 2.17 bits per heavy atom. The van der Waals surface area contributed by atoms with Crippen molar-refractivity contribution in [3.8, 4) is 0 Å². The van der Waals surface area contributed by atoms with Gasteiger partial charge in [-0.3, -0.25) is 9.69 Å². The molecule has 1 amide bonds. The van der Waals surface area contributed by atoms with E-state index >= 15 is 0 Å². The van der Waals surface area contributed by atoms with Crippen molar-refractivity contribution in [1.82, 2.24) is 9.80 Å². The summed E-state index contributed by atoms with van der Waals surface area (Å²) in [5, 5.41) is 4.15. The van der Waals surface area contributed by atoms with Crippen molar-refractivity contribution in [1.29, 1.82) is 0 Å². The standard InChI is InChI=1S/C19H28N2O2S/c1-18(2)12-19(13-20-4-6-23-7-5-20)14-21(10-16(18)19)17(22)9-15-3-8-24-11-15/h3,8,11,16H,4-7,9-10,12-14H2,1-2H3/t16-,19+/m1/s1. The van der Waals surface area contributed by atoms with Crippen LogP contribution in [-0.4, -0.2) is 61.6 Å². The van der Waals surface area contributed by atoms with Gasteiger partial charge in [0, 0.05) is 38.1 Å². The molecule has 0 unspecified atom stereocenters. The van der Waals surface area contributed by atoms with Crippen LogP contribution in [0.5, 0.6) is 0 Å². The Labute approximate surface area is 148 Å². The molecule has 2 saturated heterocycles. The van der Waals surface area contributed by atoms with Gasteiger partial charge in [-0.25, -0.2) is 0 Å². The van der Waals surface area contributed by atoms with Crippen molar-refractivity contribution in [2.45, 2.75) is 26.7 Å². The number of morpholine rings is 1. The Balaban J connectivity index is 1.45. The van der Waals surface area contributed by atoms with Gasteiger partial charge in [0.15, 0.2) is 0 Å². The Hall–Kier alpha value is -0.910. The van der Waals surface area contributed by atoms with Crippen LogP contribution in [0.25, 0.3) is 0 Å². The fourth-order valence-electron chi connectivity index (χ4n) is 5.41. The lowest BCUT2D eigenvalue weighted by Crippen LogP contribution is -2.59. The molecule has 0 bridgehead atoms. The zero-order valence-corrected chi connectivity index (χ0v) is 15.6. The van der Waals surface area contributed by atoms with Gasteiger partial charge in [-0.2, -0.15) is 11.3 Å². The Kier molecular flexibility index (Phi) is 4.22. The maximum Gasteiger partial charge on any atom is 0.227 e. The van der Waals surface area contributed by atoms with Gasteiger partial charge in [-0.1, -0.05) is 13.8 Å². The highest BCUT2D eigenvalue weighted by Gasteiger charge is 2.63. The van der Waals surface area contributed by atoms with Crippen LogP contribution in [0.3, 0.4) is 0 Å². The van der Waals surface area contributed by atoms with Gasteiger partial charge < -0.3 is 9.64 Å². The zero-order valence-electron chi connectivity index (χ0n) is 14.8. The maximum absolute atomic E-state index is 12.8. The lowest BCUT2D eigenvalue weighted by atomic mass is 9.48. The van der Waals surface area contributed by atoms with E-state index in [4.69, 9.17) is 4.74 Å². The molecule has 24 heavy (non-hydrogen) atoms. The van der Waals surface area contributed by atoms with E-state index in [1.807, 2.05) is 0 Å². The number of hydrogen-bond acceptors (Lipinski definition) is 4. The molecule has 4 nitrogen and oxygen atoms in total. The molecule has 1 aliphatic carbocycles. The lowest BCUT2D eigenvalue weighted by Gasteiger charge is -2.58. The number of carbonyl (C=O) groups excluding carboxylic acids is 1. The largest absolute Gasteiger partial charge is 0.379 e. The van der Waals surface area contributed by atoms with Crippen LogP contribution >= 0.6 is 11.3 Å². The number of rotatable bonds is 4. The number of hydrogen-bond donors (Lipinski definition) is 0. The molecule has 0 radical (unpaired) electrons. The molecule has 2 atom stereocenters. The van der Waals surface area contributed by atoms with Crippen LogP contribution < -0.4 is 0 Å². The molecular formula is C19H28N2O2S. The van der Waals surface area contributed by atoms with Crippen molar-refractivity contribution < 1.29 is 9.53 Å². The highest BCUT2D eigenvalue weighted by Crippen LogP contribution is 2.63. The van der Waals surface area contributed by atoms with Gasteiger partial charge >= 0.3 is 0 Å². The Morgan fingerprint density at radius 3 is 2.83 bits per heavy atom. The SMILES string of the molecule is CC1(C)C[C@]2(CN3CCOCC3)CN(C(=O)Cc3ccsc3)C[C@H]12. The van der Waals surface area contributed by atoms with E-state index in [0.29, 0.717) is 29.1 Å².